The molecule has 4 rings (SSSR count). The minimum atomic E-state index is -0.151. The molecule has 2 heterocycles. The van der Waals surface area contributed by atoms with Gasteiger partial charge in [-0.2, -0.15) is 0 Å². The Labute approximate surface area is 178 Å². The summed E-state index contributed by atoms with van der Waals surface area (Å²) in [5.41, 5.74) is 3.22. The van der Waals surface area contributed by atoms with Crippen molar-refractivity contribution in [2.24, 2.45) is 0 Å². The van der Waals surface area contributed by atoms with Gasteiger partial charge < -0.3 is 15.0 Å². The number of hydrogen-bond acceptors (Lipinski definition) is 5. The van der Waals surface area contributed by atoms with Gasteiger partial charge in [0.1, 0.15) is 11.5 Å². The molecule has 1 amide bonds. The van der Waals surface area contributed by atoms with Gasteiger partial charge in [0.25, 0.3) is 5.91 Å². The van der Waals surface area contributed by atoms with Crippen molar-refractivity contribution in [1.29, 1.82) is 0 Å². The second kappa shape index (κ2) is 8.92. The zero-order valence-corrected chi connectivity index (χ0v) is 17.1. The molecule has 2 aromatic heterocycles. The molecule has 0 spiro atoms. The largest absolute Gasteiger partial charge is 0.479 e. The molecule has 152 valence electrons. The summed E-state index contributed by atoms with van der Waals surface area (Å²) in [6.45, 7) is 0.557. The van der Waals surface area contributed by atoms with Gasteiger partial charge in [0.15, 0.2) is 0 Å². The average molecular weight is 422 g/mol. The second-order valence-corrected chi connectivity index (χ2v) is 7.12. The number of halogens is 1. The van der Waals surface area contributed by atoms with E-state index in [4.69, 9.17) is 21.3 Å². The number of carbonyl (C=O) groups is 1. The van der Waals surface area contributed by atoms with Gasteiger partial charge in [-0.25, -0.2) is 15.0 Å². The molecular formula is C22H20ClN5O2. The van der Waals surface area contributed by atoms with E-state index in [0.717, 1.165) is 24.2 Å². The van der Waals surface area contributed by atoms with Gasteiger partial charge in [-0.1, -0.05) is 23.7 Å². The number of H-pyrrole nitrogens is 1. The highest BCUT2D eigenvalue weighted by Gasteiger charge is 2.14. The number of imidazole rings is 1. The molecule has 8 heteroatoms. The van der Waals surface area contributed by atoms with Crippen LogP contribution < -0.4 is 10.1 Å². The van der Waals surface area contributed by atoms with Crippen LogP contribution in [0.4, 0.5) is 0 Å². The van der Waals surface area contributed by atoms with Gasteiger partial charge in [0.2, 0.25) is 5.88 Å². The van der Waals surface area contributed by atoms with Gasteiger partial charge in [0, 0.05) is 41.5 Å². The summed E-state index contributed by atoms with van der Waals surface area (Å²) >= 11 is 5.99. The molecule has 2 N–H and O–H groups in total. The van der Waals surface area contributed by atoms with Crippen LogP contribution in [-0.2, 0) is 6.42 Å². The third-order valence-corrected chi connectivity index (χ3v) is 4.89. The van der Waals surface area contributed by atoms with Gasteiger partial charge in [-0.15, -0.1) is 0 Å². The minimum absolute atomic E-state index is 0.151. The molecule has 4 aromatic rings. The first-order valence-electron chi connectivity index (χ1n) is 9.52. The summed E-state index contributed by atoms with van der Waals surface area (Å²) in [6, 6.07) is 12.5. The van der Waals surface area contributed by atoms with E-state index in [2.05, 4.69) is 20.3 Å². The van der Waals surface area contributed by atoms with E-state index in [1.54, 1.807) is 49.8 Å². The number of methoxy groups -OCH3 is 1. The standard InChI is InChI=1S/C22H20ClN5O2/c1-30-22-20(14-4-7-16(23)8-5-14)27-18-13-15(6-9-17(18)28-22)21(29)26-10-2-3-19-24-11-12-25-19/h4-9,11-13H,2-3,10H2,1H3,(H,24,25)(H,26,29). The molecule has 0 aliphatic rings. The van der Waals surface area contributed by atoms with Crippen molar-refractivity contribution in [1.82, 2.24) is 25.3 Å². The van der Waals surface area contributed by atoms with Crippen molar-refractivity contribution in [3.8, 4) is 17.1 Å². The Morgan fingerprint density at radius 3 is 2.70 bits per heavy atom. The van der Waals surface area contributed by atoms with Gasteiger partial charge >= 0.3 is 0 Å². The van der Waals surface area contributed by atoms with E-state index in [1.807, 2.05) is 12.1 Å². The first kappa shape index (κ1) is 19.8. The van der Waals surface area contributed by atoms with Gasteiger partial charge in [-0.3, -0.25) is 4.79 Å². The Balaban J connectivity index is 1.53. The number of nitrogens with one attached hydrogen (secondary N) is 2. The molecule has 0 atom stereocenters. The van der Waals surface area contributed by atoms with Crippen LogP contribution in [0.25, 0.3) is 22.3 Å². The highest BCUT2D eigenvalue weighted by Crippen LogP contribution is 2.29. The van der Waals surface area contributed by atoms with Crippen molar-refractivity contribution in [2.45, 2.75) is 12.8 Å². The van der Waals surface area contributed by atoms with Crippen molar-refractivity contribution in [3.05, 3.63) is 71.3 Å². The molecule has 0 aliphatic heterocycles. The van der Waals surface area contributed by atoms with Crippen molar-refractivity contribution in [2.75, 3.05) is 13.7 Å². The van der Waals surface area contributed by atoms with E-state index in [0.29, 0.717) is 39.7 Å². The topological polar surface area (TPSA) is 92.8 Å². The average Bonchev–Trinajstić information content (AvgIpc) is 3.29. The Bertz CT molecular complexity index is 1160. The number of benzene rings is 2. The quantitative estimate of drug-likeness (QED) is 0.439. The number of fused-ring (bicyclic) bond motifs is 1. The van der Waals surface area contributed by atoms with Crippen LogP contribution in [0.5, 0.6) is 5.88 Å². The highest BCUT2D eigenvalue weighted by atomic mass is 35.5. The van der Waals surface area contributed by atoms with Crippen LogP contribution in [0.2, 0.25) is 5.02 Å². The maximum Gasteiger partial charge on any atom is 0.251 e. The van der Waals surface area contributed by atoms with Crippen LogP contribution in [0.1, 0.15) is 22.6 Å². The number of aryl methyl sites for hydroxylation is 1. The molecule has 2 aromatic carbocycles. The molecule has 0 saturated heterocycles. The zero-order chi connectivity index (χ0) is 20.9. The number of aromatic amines is 1. The molecular weight excluding hydrogens is 402 g/mol. The van der Waals surface area contributed by atoms with Crippen LogP contribution in [0.3, 0.4) is 0 Å². The monoisotopic (exact) mass is 421 g/mol. The second-order valence-electron chi connectivity index (χ2n) is 6.69. The minimum Gasteiger partial charge on any atom is -0.479 e. The lowest BCUT2D eigenvalue weighted by Gasteiger charge is -2.10. The Hall–Kier alpha value is -3.45. The van der Waals surface area contributed by atoms with E-state index in [9.17, 15) is 4.79 Å². The number of aromatic nitrogens is 4. The predicted octanol–water partition coefficient (Wildman–Crippen LogP) is 4.04. The van der Waals surface area contributed by atoms with E-state index < -0.39 is 0 Å². The molecule has 30 heavy (non-hydrogen) atoms. The van der Waals surface area contributed by atoms with E-state index in [1.165, 1.54) is 0 Å². The van der Waals surface area contributed by atoms with E-state index >= 15 is 0 Å². The van der Waals surface area contributed by atoms with Gasteiger partial charge in [-0.05, 0) is 36.8 Å². The number of rotatable bonds is 7. The third kappa shape index (κ3) is 4.41. The smallest absolute Gasteiger partial charge is 0.251 e. The Morgan fingerprint density at radius 2 is 1.97 bits per heavy atom. The summed E-state index contributed by atoms with van der Waals surface area (Å²) < 4.78 is 5.42. The molecule has 0 radical (unpaired) electrons. The fraction of sp³-hybridized carbons (Fsp3) is 0.182. The predicted molar refractivity (Wildman–Crippen MR) is 116 cm³/mol. The van der Waals surface area contributed by atoms with Crippen LogP contribution >= 0.6 is 11.6 Å². The summed E-state index contributed by atoms with van der Waals surface area (Å²) in [5.74, 6) is 1.18. The molecule has 0 aliphatic carbocycles. The fourth-order valence-corrected chi connectivity index (χ4v) is 3.24. The summed E-state index contributed by atoms with van der Waals surface area (Å²) in [4.78, 5) is 29.0. The lowest BCUT2D eigenvalue weighted by Crippen LogP contribution is -2.24. The lowest BCUT2D eigenvalue weighted by atomic mass is 10.1. The van der Waals surface area contributed by atoms with Crippen molar-refractivity contribution >= 4 is 28.5 Å². The zero-order valence-electron chi connectivity index (χ0n) is 16.4. The van der Waals surface area contributed by atoms with Crippen LogP contribution in [-0.4, -0.2) is 39.5 Å². The first-order chi connectivity index (χ1) is 14.6. The third-order valence-electron chi connectivity index (χ3n) is 4.64. The Kier molecular flexibility index (Phi) is 5.90. The Morgan fingerprint density at radius 1 is 1.13 bits per heavy atom. The van der Waals surface area contributed by atoms with Crippen LogP contribution in [0, 0.1) is 0 Å². The maximum atomic E-state index is 12.5. The number of carbonyl (C=O) groups excluding carboxylic acids is 1. The molecule has 7 nitrogen and oxygen atoms in total. The fourth-order valence-electron chi connectivity index (χ4n) is 3.11. The van der Waals surface area contributed by atoms with Crippen LogP contribution in [0.15, 0.2) is 54.9 Å². The molecule has 0 bridgehead atoms. The number of hydrogen-bond donors (Lipinski definition) is 2. The van der Waals surface area contributed by atoms with E-state index in [-0.39, 0.29) is 5.91 Å². The molecule has 0 saturated carbocycles. The summed E-state index contributed by atoms with van der Waals surface area (Å²) in [6.07, 6.45) is 5.08. The molecule has 0 unspecified atom stereocenters. The number of ether oxygens (including phenoxy) is 1. The number of nitrogens with zero attached hydrogens (tertiary/aromatic N) is 3. The molecule has 0 fully saturated rings. The summed E-state index contributed by atoms with van der Waals surface area (Å²) in [7, 11) is 1.56. The van der Waals surface area contributed by atoms with Crippen molar-refractivity contribution < 1.29 is 9.53 Å². The van der Waals surface area contributed by atoms with Gasteiger partial charge in [0.05, 0.1) is 18.1 Å². The summed E-state index contributed by atoms with van der Waals surface area (Å²) in [5, 5.41) is 3.57. The SMILES string of the molecule is COc1nc2ccc(C(=O)NCCCc3ncc[nH]3)cc2nc1-c1ccc(Cl)cc1. The lowest BCUT2D eigenvalue weighted by molar-refractivity contribution is 0.0953. The maximum absolute atomic E-state index is 12.5. The number of amides is 1. The highest BCUT2D eigenvalue weighted by molar-refractivity contribution is 6.30. The normalized spacial score (nSPS) is 10.9. The first-order valence-corrected chi connectivity index (χ1v) is 9.90. The van der Waals surface area contributed by atoms with Crippen molar-refractivity contribution in [3.63, 3.8) is 0 Å².